The third-order valence-electron chi connectivity index (χ3n) is 12.7. The van der Waals surface area contributed by atoms with E-state index in [9.17, 15) is 43.8 Å². The number of amides is 3. The Labute approximate surface area is 421 Å². The number of aliphatic hydroxyl groups is 2. The smallest absolute Gasteiger partial charge is 0.329 e. The maximum atomic E-state index is 14.7. The molecule has 0 bridgehead atoms. The van der Waals surface area contributed by atoms with Crippen molar-refractivity contribution < 1.29 is 62.7 Å². The van der Waals surface area contributed by atoms with Crippen LogP contribution in [0.2, 0.25) is 0 Å². The van der Waals surface area contributed by atoms with Crippen LogP contribution in [0, 0.1) is 23.7 Å². The Morgan fingerprint density at radius 2 is 0.746 bits per heavy atom. The van der Waals surface area contributed by atoms with Crippen molar-refractivity contribution >= 4 is 41.6 Å². The Kier molecular flexibility index (Phi) is 23.6. The van der Waals surface area contributed by atoms with Gasteiger partial charge in [0.1, 0.15) is 30.3 Å². The number of hydrogen-bond acceptors (Lipinski definition) is 14. The van der Waals surface area contributed by atoms with E-state index in [4.69, 9.17) is 18.9 Å². The van der Waals surface area contributed by atoms with Crippen LogP contribution >= 0.6 is 0 Å². The fourth-order valence-electron chi connectivity index (χ4n) is 8.62. The Balaban J connectivity index is 2.24. The average molecular weight is 995 g/mol. The van der Waals surface area contributed by atoms with Crippen LogP contribution in [-0.4, -0.2) is 155 Å². The standard InChI is InChI=1S/C54H82N4O13/c1-32(2)23-42-51(64)70-46(27-38-15-19-40(30-59)20-16-38)49(62)58(14)44(25-34(5)6)53(66)69-37(10)48(61)56(12)45(26-35(7)8)54(67)71-47(28-39-17-21-41(31-60)22-18-39)50(63)57(13)43(24-33(3)4)52(65)68-36(9)29-55(42)11/h15-22,32-37,42-47,59-60H,23-31H2,1-14H3/t36-,37-,42+,43+,44+,45+,46-,47-/m1/s1. The average Bonchev–Trinajstić information content (AvgIpc) is 3.31. The van der Waals surface area contributed by atoms with Crippen molar-refractivity contribution in [2.24, 2.45) is 23.7 Å². The molecule has 1 aliphatic heterocycles. The minimum absolute atomic E-state index is 0.0260. The first-order valence-corrected chi connectivity index (χ1v) is 25.0. The highest BCUT2D eigenvalue weighted by Gasteiger charge is 2.42. The molecule has 0 aromatic heterocycles. The first-order chi connectivity index (χ1) is 33.3. The maximum Gasteiger partial charge on any atom is 0.329 e. The van der Waals surface area contributed by atoms with Gasteiger partial charge in [-0.1, -0.05) is 104 Å². The summed E-state index contributed by atoms with van der Waals surface area (Å²) < 4.78 is 24.2. The third-order valence-corrected chi connectivity index (χ3v) is 12.7. The number of carbonyl (C=O) groups excluding carboxylic acids is 7. The molecule has 2 aromatic carbocycles. The first kappa shape index (κ1) is 59.9. The molecule has 2 aromatic rings. The summed E-state index contributed by atoms with van der Waals surface area (Å²) in [6.45, 7) is 17.7. The summed E-state index contributed by atoms with van der Waals surface area (Å²) in [5, 5.41) is 19.4. The van der Waals surface area contributed by atoms with Crippen LogP contribution in [0.5, 0.6) is 0 Å². The van der Waals surface area contributed by atoms with E-state index in [2.05, 4.69) is 0 Å². The molecule has 2 N–H and O–H groups in total. The molecule has 3 rings (SSSR count). The predicted molar refractivity (Wildman–Crippen MR) is 267 cm³/mol. The van der Waals surface area contributed by atoms with E-state index < -0.39 is 90.2 Å². The van der Waals surface area contributed by atoms with E-state index >= 15 is 0 Å². The Morgan fingerprint density at radius 1 is 0.451 bits per heavy atom. The SMILES string of the molecule is CC(C)C[C@H]1C(=O)O[C@H](Cc2ccc(CO)cc2)C(=O)N(C)[C@@H](CC(C)C)C(=O)O[C@H](C)C(=O)N(C)[C@@H](CC(C)C)C(=O)O[C@H](Cc2ccc(CO)cc2)C(=O)N(C)[C@@H](CC(C)C)C(=O)O[C@H](C)CN1C. The highest BCUT2D eigenvalue weighted by molar-refractivity contribution is 5.93. The van der Waals surface area contributed by atoms with Crippen molar-refractivity contribution in [3.05, 3.63) is 70.8 Å². The lowest BCUT2D eigenvalue weighted by molar-refractivity contribution is -0.174. The van der Waals surface area contributed by atoms with Gasteiger partial charge in [0, 0.05) is 40.5 Å². The van der Waals surface area contributed by atoms with Crippen LogP contribution < -0.4 is 0 Å². The van der Waals surface area contributed by atoms with Gasteiger partial charge in [0.25, 0.3) is 17.7 Å². The molecule has 1 fully saturated rings. The molecule has 17 nitrogen and oxygen atoms in total. The van der Waals surface area contributed by atoms with Gasteiger partial charge < -0.3 is 43.9 Å². The van der Waals surface area contributed by atoms with Crippen molar-refractivity contribution in [2.45, 2.75) is 170 Å². The molecule has 0 unspecified atom stereocenters. The molecule has 3 amide bonds. The van der Waals surface area contributed by atoms with Crippen LogP contribution in [0.3, 0.4) is 0 Å². The Bertz CT molecular complexity index is 2070. The number of ether oxygens (including phenoxy) is 4. The lowest BCUT2D eigenvalue weighted by Gasteiger charge is -2.35. The van der Waals surface area contributed by atoms with Crippen LogP contribution in [0.4, 0.5) is 0 Å². The number of hydrogen-bond donors (Lipinski definition) is 2. The van der Waals surface area contributed by atoms with Crippen molar-refractivity contribution in [1.29, 1.82) is 0 Å². The summed E-state index contributed by atoms with van der Waals surface area (Å²) in [6, 6.07) is 9.05. The number of cyclic esters (lactones) is 4. The fraction of sp³-hybridized carbons (Fsp3) is 0.648. The zero-order valence-electron chi connectivity index (χ0n) is 44.6. The van der Waals surface area contributed by atoms with Gasteiger partial charge in [0.15, 0.2) is 18.3 Å². The zero-order valence-corrected chi connectivity index (χ0v) is 44.6. The fourth-order valence-corrected chi connectivity index (χ4v) is 8.62. The van der Waals surface area contributed by atoms with Crippen molar-refractivity contribution in [3.8, 4) is 0 Å². The van der Waals surface area contributed by atoms with Gasteiger partial charge in [0.05, 0.1) is 13.2 Å². The molecule has 71 heavy (non-hydrogen) atoms. The van der Waals surface area contributed by atoms with E-state index in [1.54, 1.807) is 67.4 Å². The molecule has 0 aliphatic carbocycles. The maximum absolute atomic E-state index is 14.7. The lowest BCUT2D eigenvalue weighted by Crippen LogP contribution is -2.54. The molecule has 1 aliphatic rings. The highest BCUT2D eigenvalue weighted by Crippen LogP contribution is 2.24. The normalized spacial score (nSPS) is 24.9. The van der Waals surface area contributed by atoms with Crippen LogP contribution in [0.15, 0.2) is 48.5 Å². The number of rotatable bonds is 14. The summed E-state index contributed by atoms with van der Waals surface area (Å²) >= 11 is 0. The monoisotopic (exact) mass is 995 g/mol. The number of benzene rings is 2. The van der Waals surface area contributed by atoms with Crippen molar-refractivity contribution in [3.63, 3.8) is 0 Å². The molecular formula is C54H82N4O13. The zero-order chi connectivity index (χ0) is 53.4. The number of aliphatic hydroxyl groups excluding tert-OH is 2. The van der Waals surface area contributed by atoms with E-state index in [0.29, 0.717) is 28.7 Å². The van der Waals surface area contributed by atoms with E-state index in [-0.39, 0.29) is 75.5 Å². The van der Waals surface area contributed by atoms with Crippen molar-refractivity contribution in [2.75, 3.05) is 34.7 Å². The molecule has 0 spiro atoms. The van der Waals surface area contributed by atoms with E-state index in [1.807, 2.05) is 55.4 Å². The van der Waals surface area contributed by atoms with Gasteiger partial charge in [0.2, 0.25) is 0 Å². The number of likely N-dealkylation sites (N-methyl/N-ethyl adjacent to an activating group) is 4. The van der Waals surface area contributed by atoms with Crippen molar-refractivity contribution in [1.82, 2.24) is 19.6 Å². The summed E-state index contributed by atoms with van der Waals surface area (Å²) in [4.78, 5) is 107. The number of carbonyl (C=O) groups is 7. The molecule has 1 saturated heterocycles. The minimum Gasteiger partial charge on any atom is -0.460 e. The quantitative estimate of drug-likeness (QED) is 0.186. The first-order valence-electron chi connectivity index (χ1n) is 25.0. The molecule has 0 radical (unpaired) electrons. The van der Waals surface area contributed by atoms with E-state index in [1.165, 1.54) is 37.9 Å². The second-order valence-corrected chi connectivity index (χ2v) is 20.9. The highest BCUT2D eigenvalue weighted by atomic mass is 16.6. The summed E-state index contributed by atoms with van der Waals surface area (Å²) in [6.07, 6.45) is -4.67. The molecule has 0 saturated carbocycles. The topological polar surface area (TPSA) is 210 Å². The number of esters is 4. The predicted octanol–water partition coefficient (Wildman–Crippen LogP) is 5.12. The summed E-state index contributed by atoms with van der Waals surface area (Å²) in [7, 11) is 5.93. The molecule has 1 heterocycles. The van der Waals surface area contributed by atoms with E-state index in [0.717, 1.165) is 4.90 Å². The third kappa shape index (κ3) is 18.0. The molecule has 8 atom stereocenters. The summed E-state index contributed by atoms with van der Waals surface area (Å²) in [5.41, 5.74) is 2.47. The van der Waals surface area contributed by atoms with Gasteiger partial charge >= 0.3 is 23.9 Å². The van der Waals surface area contributed by atoms with Gasteiger partial charge in [-0.05, 0) is 92.5 Å². The van der Waals surface area contributed by atoms with Gasteiger partial charge in [-0.25, -0.2) is 14.4 Å². The largest absolute Gasteiger partial charge is 0.460 e. The number of nitrogens with zero attached hydrogens (tertiary/aromatic N) is 4. The molecule has 17 heteroatoms. The van der Waals surface area contributed by atoms with Gasteiger partial charge in [-0.3, -0.25) is 24.1 Å². The second-order valence-electron chi connectivity index (χ2n) is 20.9. The molecular weight excluding hydrogens is 913 g/mol. The van der Waals surface area contributed by atoms with Crippen LogP contribution in [-0.2, 0) is 78.6 Å². The lowest BCUT2D eigenvalue weighted by atomic mass is 9.99. The van der Waals surface area contributed by atoms with Gasteiger partial charge in [-0.15, -0.1) is 0 Å². The van der Waals surface area contributed by atoms with Crippen LogP contribution in [0.25, 0.3) is 0 Å². The molecule has 396 valence electrons. The summed E-state index contributed by atoms with van der Waals surface area (Å²) in [5.74, 6) is -5.80. The Morgan fingerprint density at radius 3 is 1.10 bits per heavy atom. The Hall–Kier alpha value is -5.39. The second kappa shape index (κ2) is 28.0. The van der Waals surface area contributed by atoms with Crippen LogP contribution in [0.1, 0.15) is 117 Å². The minimum atomic E-state index is -1.48. The van der Waals surface area contributed by atoms with Gasteiger partial charge in [-0.2, -0.15) is 0 Å².